The first-order chi connectivity index (χ1) is 16.2. The summed E-state index contributed by atoms with van der Waals surface area (Å²) in [6.45, 7) is 3.79. The molecule has 2 unspecified atom stereocenters. The van der Waals surface area contributed by atoms with Crippen LogP contribution in [0.4, 0.5) is 13.6 Å². The molecule has 3 amide bonds. The van der Waals surface area contributed by atoms with E-state index in [-0.39, 0.29) is 62.9 Å². The summed E-state index contributed by atoms with van der Waals surface area (Å²) in [6.07, 6.45) is -0.948. The zero-order chi connectivity index (χ0) is 26.4. The summed E-state index contributed by atoms with van der Waals surface area (Å²) in [7, 11) is -5.21. The Balaban J connectivity index is 2.01. The zero-order valence-electron chi connectivity index (χ0n) is 19.8. The molecule has 2 rings (SSSR count). The second-order valence-corrected chi connectivity index (χ2v) is 11.2. The van der Waals surface area contributed by atoms with Crippen molar-refractivity contribution in [3.63, 3.8) is 0 Å². The van der Waals surface area contributed by atoms with Gasteiger partial charge in [0.1, 0.15) is 16.2 Å². The molecule has 14 heteroatoms. The normalized spacial score (nSPS) is 23.3. The molecule has 0 bridgehead atoms. The van der Waals surface area contributed by atoms with Crippen LogP contribution >= 0.6 is 0 Å². The maximum Gasteiger partial charge on any atom is 0.407 e. The van der Waals surface area contributed by atoms with E-state index in [1.165, 1.54) is 0 Å². The lowest BCUT2D eigenvalue weighted by molar-refractivity contribution is -0.126. The molecule has 11 nitrogen and oxygen atoms in total. The Morgan fingerprint density at radius 3 is 2.37 bits per heavy atom. The average molecular weight is 527 g/mol. The lowest BCUT2D eigenvalue weighted by Crippen LogP contribution is -2.55. The van der Waals surface area contributed by atoms with Crippen molar-refractivity contribution < 1.29 is 46.0 Å². The Kier molecular flexibility index (Phi) is 10.2. The molecule has 2 aliphatic rings. The molecule has 0 aromatic heterocycles. The van der Waals surface area contributed by atoms with Crippen molar-refractivity contribution in [2.45, 2.75) is 82.2 Å². The maximum atomic E-state index is 13.3. The first-order valence-corrected chi connectivity index (χ1v) is 13.2. The van der Waals surface area contributed by atoms with Gasteiger partial charge in [-0.2, -0.15) is 0 Å². The number of hydrogen-bond donors (Lipinski definition) is 4. The first kappa shape index (κ1) is 29.2. The van der Waals surface area contributed by atoms with Crippen LogP contribution in [0.25, 0.3) is 0 Å². The monoisotopic (exact) mass is 526 g/mol. The quantitative estimate of drug-likeness (QED) is 0.286. The summed E-state index contributed by atoms with van der Waals surface area (Å²) in [5, 5.41) is 17.3. The van der Waals surface area contributed by atoms with Crippen molar-refractivity contribution in [3.05, 3.63) is 0 Å². The Hall–Kier alpha value is -2.06. The van der Waals surface area contributed by atoms with Crippen molar-refractivity contribution in [1.82, 2.24) is 16.0 Å². The third-order valence-corrected chi connectivity index (χ3v) is 7.19. The highest BCUT2D eigenvalue weighted by Gasteiger charge is 2.37. The standard InChI is InChI=1S/C21H35F2N3O8S/c1-12(2)9-15(26-20(30)34-11-13-3-6-21(22,23)7-4-13)18(28)25-16(19(29)35(31,32)33)10-14-5-8-24-17(14)27/h12-16,19,29H,3-11H2,1-2H3,(H,24,27)(H,25,28)(H,26,30)(H,31,32,33)/p-1/t14?,15-,16-,19?/m1/s1. The third kappa shape index (κ3) is 9.49. The van der Waals surface area contributed by atoms with Crippen LogP contribution in [0.3, 0.4) is 0 Å². The minimum Gasteiger partial charge on any atom is -0.746 e. The van der Waals surface area contributed by atoms with E-state index in [2.05, 4.69) is 16.0 Å². The topological polar surface area (TPSA) is 174 Å². The van der Waals surface area contributed by atoms with Crippen LogP contribution < -0.4 is 16.0 Å². The number of amides is 3. The number of ether oxygens (including phenoxy) is 1. The number of aliphatic hydroxyl groups excluding tert-OH is 1. The largest absolute Gasteiger partial charge is 0.746 e. The molecule has 0 spiro atoms. The van der Waals surface area contributed by atoms with Crippen LogP contribution in [0, 0.1) is 17.8 Å². The second-order valence-electron chi connectivity index (χ2n) is 9.74. The maximum absolute atomic E-state index is 13.3. The van der Waals surface area contributed by atoms with Crippen molar-refractivity contribution in [1.29, 1.82) is 0 Å². The van der Waals surface area contributed by atoms with Gasteiger partial charge in [0.25, 0.3) is 0 Å². The Morgan fingerprint density at radius 2 is 1.86 bits per heavy atom. The minimum atomic E-state index is -5.21. The van der Waals surface area contributed by atoms with E-state index in [4.69, 9.17) is 4.74 Å². The third-order valence-electron chi connectivity index (χ3n) is 6.27. The number of carbonyl (C=O) groups is 3. The highest BCUT2D eigenvalue weighted by molar-refractivity contribution is 7.86. The molecule has 202 valence electrons. The number of rotatable bonds is 11. The number of nitrogens with one attached hydrogen (secondary N) is 3. The fraction of sp³-hybridized carbons (Fsp3) is 0.857. The molecule has 4 N–H and O–H groups in total. The van der Waals surface area contributed by atoms with Gasteiger partial charge in [-0.05, 0) is 43.9 Å². The van der Waals surface area contributed by atoms with Crippen molar-refractivity contribution in [2.24, 2.45) is 17.8 Å². The molecule has 1 aliphatic carbocycles. The predicted molar refractivity (Wildman–Crippen MR) is 118 cm³/mol. The van der Waals surface area contributed by atoms with Gasteiger partial charge in [0.05, 0.1) is 12.6 Å². The number of hydrogen-bond acceptors (Lipinski definition) is 8. The summed E-state index contributed by atoms with van der Waals surface area (Å²) in [4.78, 5) is 37.1. The lowest BCUT2D eigenvalue weighted by Gasteiger charge is -2.30. The van der Waals surface area contributed by atoms with Gasteiger partial charge in [-0.25, -0.2) is 22.0 Å². The van der Waals surface area contributed by atoms with Crippen LogP contribution in [0.5, 0.6) is 0 Å². The highest BCUT2D eigenvalue weighted by Crippen LogP contribution is 2.36. The fourth-order valence-corrected chi connectivity index (χ4v) is 4.84. The molecule has 4 atom stereocenters. The van der Waals surface area contributed by atoms with Gasteiger partial charge in [0.2, 0.25) is 17.7 Å². The number of alkyl halides is 2. The van der Waals surface area contributed by atoms with Crippen LogP contribution in [-0.4, -0.2) is 72.6 Å². The first-order valence-electron chi connectivity index (χ1n) is 11.7. The number of carbonyl (C=O) groups excluding carboxylic acids is 3. The molecule has 35 heavy (non-hydrogen) atoms. The van der Waals surface area contributed by atoms with E-state index in [0.717, 1.165) is 0 Å². The van der Waals surface area contributed by atoms with E-state index in [1.54, 1.807) is 13.8 Å². The van der Waals surface area contributed by atoms with Gasteiger partial charge in [-0.15, -0.1) is 0 Å². The molecule has 0 aromatic rings. The number of aliphatic hydroxyl groups is 1. The molecule has 1 heterocycles. The molecule has 1 aliphatic heterocycles. The van der Waals surface area contributed by atoms with Crippen LogP contribution in [0.1, 0.15) is 58.8 Å². The van der Waals surface area contributed by atoms with Gasteiger partial charge in [-0.3, -0.25) is 9.59 Å². The van der Waals surface area contributed by atoms with E-state index in [1.807, 2.05) is 0 Å². The minimum absolute atomic E-state index is 0.0928. The molecular weight excluding hydrogens is 492 g/mol. The van der Waals surface area contributed by atoms with Crippen molar-refractivity contribution in [2.75, 3.05) is 13.2 Å². The van der Waals surface area contributed by atoms with E-state index in [0.29, 0.717) is 13.0 Å². The SMILES string of the molecule is CC(C)C[C@@H](NC(=O)OCC1CCC(F)(F)CC1)C(=O)N[C@H](CC1CCNC1=O)C(O)S(=O)(=O)[O-]. The molecular formula is C21H34F2N3O8S-. The average Bonchev–Trinajstić information content (AvgIpc) is 3.14. The molecule has 0 radical (unpaired) electrons. The van der Waals surface area contributed by atoms with E-state index >= 15 is 0 Å². The summed E-state index contributed by atoms with van der Waals surface area (Å²) >= 11 is 0. The second kappa shape index (κ2) is 12.3. The molecule has 2 fully saturated rings. The van der Waals surface area contributed by atoms with Gasteiger partial charge < -0.3 is 30.3 Å². The number of alkyl carbamates (subject to hydrolysis) is 1. The van der Waals surface area contributed by atoms with Crippen molar-refractivity contribution >= 4 is 28.0 Å². The Bertz CT molecular complexity index is 861. The van der Waals surface area contributed by atoms with E-state index in [9.17, 15) is 41.2 Å². The fourth-order valence-electron chi connectivity index (χ4n) is 4.25. The lowest BCUT2D eigenvalue weighted by atomic mass is 9.87. The molecule has 1 saturated heterocycles. The van der Waals surface area contributed by atoms with E-state index < -0.39 is 51.5 Å². The summed E-state index contributed by atoms with van der Waals surface area (Å²) < 4.78 is 65.9. The van der Waals surface area contributed by atoms with Crippen LogP contribution in [0.2, 0.25) is 0 Å². The Morgan fingerprint density at radius 1 is 1.23 bits per heavy atom. The van der Waals surface area contributed by atoms with Crippen LogP contribution in [0.15, 0.2) is 0 Å². The van der Waals surface area contributed by atoms with Gasteiger partial charge in [0.15, 0.2) is 5.44 Å². The summed E-state index contributed by atoms with van der Waals surface area (Å²) in [5.74, 6) is -4.99. The van der Waals surface area contributed by atoms with Crippen LogP contribution in [-0.2, 0) is 24.4 Å². The zero-order valence-corrected chi connectivity index (χ0v) is 20.6. The van der Waals surface area contributed by atoms with Gasteiger partial charge in [-0.1, -0.05) is 13.8 Å². The molecule has 0 aromatic carbocycles. The van der Waals surface area contributed by atoms with Crippen molar-refractivity contribution in [3.8, 4) is 0 Å². The Labute approximate surface area is 203 Å². The highest BCUT2D eigenvalue weighted by atomic mass is 32.2. The summed E-state index contributed by atoms with van der Waals surface area (Å²) in [6, 6.07) is -2.77. The summed E-state index contributed by atoms with van der Waals surface area (Å²) in [5.41, 5.74) is -2.49. The van der Waals surface area contributed by atoms with Gasteiger partial charge >= 0.3 is 6.09 Å². The number of halogens is 2. The smallest absolute Gasteiger partial charge is 0.407 e. The predicted octanol–water partition coefficient (Wildman–Crippen LogP) is 0.827. The van der Waals surface area contributed by atoms with Gasteiger partial charge in [0, 0.05) is 25.3 Å². The molecule has 1 saturated carbocycles.